The van der Waals surface area contributed by atoms with Gasteiger partial charge >= 0.3 is 0 Å². The first-order chi connectivity index (χ1) is 7.42. The standard InChI is InChI=1S/C11H21N3O2/c1-7(2)8(6-12)9-13-10(14-16-9)11(3,4)15-5/h7-8H,6,12H2,1-5H3. The van der Waals surface area contributed by atoms with Gasteiger partial charge < -0.3 is 15.0 Å². The summed E-state index contributed by atoms with van der Waals surface area (Å²) in [5.74, 6) is 1.64. The van der Waals surface area contributed by atoms with Crippen LogP contribution >= 0.6 is 0 Å². The lowest BCUT2D eigenvalue weighted by molar-refractivity contribution is 0.00973. The molecule has 1 aromatic heterocycles. The molecule has 2 N–H and O–H groups in total. The second kappa shape index (κ2) is 4.93. The molecular formula is C11H21N3O2. The molecule has 0 saturated heterocycles. The van der Waals surface area contributed by atoms with Gasteiger partial charge in [0.25, 0.3) is 0 Å². The largest absolute Gasteiger partial charge is 0.371 e. The van der Waals surface area contributed by atoms with Gasteiger partial charge in [-0.15, -0.1) is 0 Å². The predicted octanol–water partition coefficient (Wildman–Crippen LogP) is 1.65. The number of rotatable bonds is 5. The Labute approximate surface area is 96.4 Å². The predicted molar refractivity (Wildman–Crippen MR) is 61.0 cm³/mol. The molecule has 1 aromatic rings. The summed E-state index contributed by atoms with van der Waals surface area (Å²) < 4.78 is 10.5. The minimum atomic E-state index is -0.530. The van der Waals surface area contributed by atoms with E-state index in [4.69, 9.17) is 15.0 Å². The summed E-state index contributed by atoms with van der Waals surface area (Å²) in [5, 5.41) is 3.94. The molecule has 0 spiro atoms. The molecule has 0 radical (unpaired) electrons. The molecule has 92 valence electrons. The highest BCUT2D eigenvalue weighted by molar-refractivity contribution is 5.01. The van der Waals surface area contributed by atoms with E-state index in [2.05, 4.69) is 24.0 Å². The fourth-order valence-electron chi connectivity index (χ4n) is 1.38. The van der Waals surface area contributed by atoms with Crippen molar-refractivity contribution in [3.05, 3.63) is 11.7 Å². The Bertz CT molecular complexity index is 334. The average molecular weight is 227 g/mol. The molecule has 1 atom stereocenters. The smallest absolute Gasteiger partial charge is 0.231 e. The van der Waals surface area contributed by atoms with Crippen molar-refractivity contribution < 1.29 is 9.26 Å². The van der Waals surface area contributed by atoms with E-state index in [0.29, 0.717) is 24.2 Å². The van der Waals surface area contributed by atoms with Gasteiger partial charge in [-0.2, -0.15) is 4.98 Å². The van der Waals surface area contributed by atoms with E-state index < -0.39 is 5.60 Å². The van der Waals surface area contributed by atoms with Gasteiger partial charge in [0.05, 0.1) is 5.92 Å². The number of hydrogen-bond donors (Lipinski definition) is 1. The van der Waals surface area contributed by atoms with Crippen molar-refractivity contribution in [1.82, 2.24) is 10.1 Å². The van der Waals surface area contributed by atoms with Crippen molar-refractivity contribution in [2.75, 3.05) is 13.7 Å². The molecule has 0 amide bonds. The molecule has 0 bridgehead atoms. The molecule has 0 aliphatic carbocycles. The zero-order valence-corrected chi connectivity index (χ0v) is 10.7. The van der Waals surface area contributed by atoms with Crippen LogP contribution in [0.5, 0.6) is 0 Å². The van der Waals surface area contributed by atoms with Crippen LogP contribution < -0.4 is 5.73 Å². The SMILES string of the molecule is COC(C)(C)c1noc(C(CN)C(C)C)n1. The van der Waals surface area contributed by atoms with Crippen LogP contribution in [0.2, 0.25) is 0 Å². The lowest BCUT2D eigenvalue weighted by atomic mass is 9.96. The third-order valence-electron chi connectivity index (χ3n) is 2.87. The molecule has 1 unspecified atom stereocenters. The van der Waals surface area contributed by atoms with Gasteiger partial charge in [0.1, 0.15) is 5.60 Å². The Morgan fingerprint density at radius 2 is 2.06 bits per heavy atom. The first-order valence-electron chi connectivity index (χ1n) is 5.51. The maximum atomic E-state index is 5.70. The fraction of sp³-hybridized carbons (Fsp3) is 0.818. The van der Waals surface area contributed by atoms with Gasteiger partial charge in [-0.3, -0.25) is 0 Å². The maximum absolute atomic E-state index is 5.70. The van der Waals surface area contributed by atoms with Gasteiger partial charge in [-0.1, -0.05) is 19.0 Å². The monoisotopic (exact) mass is 227 g/mol. The molecule has 0 aliphatic heterocycles. The quantitative estimate of drug-likeness (QED) is 0.827. The molecule has 0 aliphatic rings. The van der Waals surface area contributed by atoms with Crippen LogP contribution in [0.15, 0.2) is 4.52 Å². The Hall–Kier alpha value is -0.940. The first kappa shape index (κ1) is 13.1. The molecule has 0 fully saturated rings. The number of nitrogens with two attached hydrogens (primary N) is 1. The average Bonchev–Trinajstić information content (AvgIpc) is 2.68. The summed E-state index contributed by atoms with van der Waals surface area (Å²) in [6.07, 6.45) is 0. The van der Waals surface area contributed by atoms with E-state index in [1.807, 2.05) is 13.8 Å². The zero-order chi connectivity index (χ0) is 12.3. The minimum Gasteiger partial charge on any atom is -0.371 e. The highest BCUT2D eigenvalue weighted by atomic mass is 16.5. The topological polar surface area (TPSA) is 74.2 Å². The summed E-state index contributed by atoms with van der Waals surface area (Å²) in [4.78, 5) is 4.36. The zero-order valence-electron chi connectivity index (χ0n) is 10.7. The Kier molecular flexibility index (Phi) is 4.04. The fourth-order valence-corrected chi connectivity index (χ4v) is 1.38. The first-order valence-corrected chi connectivity index (χ1v) is 5.51. The normalized spacial score (nSPS) is 14.4. The van der Waals surface area contributed by atoms with Crippen molar-refractivity contribution >= 4 is 0 Å². The van der Waals surface area contributed by atoms with Gasteiger partial charge in [0, 0.05) is 13.7 Å². The highest BCUT2D eigenvalue weighted by Crippen LogP contribution is 2.25. The third-order valence-corrected chi connectivity index (χ3v) is 2.87. The summed E-state index contributed by atoms with van der Waals surface area (Å²) in [7, 11) is 1.62. The van der Waals surface area contributed by atoms with Crippen molar-refractivity contribution in [3.8, 4) is 0 Å². The maximum Gasteiger partial charge on any atom is 0.231 e. The van der Waals surface area contributed by atoms with Gasteiger partial charge in [-0.05, 0) is 19.8 Å². The molecule has 0 saturated carbocycles. The molecule has 1 heterocycles. The van der Waals surface area contributed by atoms with Gasteiger partial charge in [0.2, 0.25) is 11.7 Å². The van der Waals surface area contributed by atoms with Crippen LogP contribution in [0, 0.1) is 5.92 Å². The molecule has 1 rings (SSSR count). The highest BCUT2D eigenvalue weighted by Gasteiger charge is 2.29. The lowest BCUT2D eigenvalue weighted by Gasteiger charge is -2.17. The van der Waals surface area contributed by atoms with E-state index in [-0.39, 0.29) is 5.92 Å². The Morgan fingerprint density at radius 3 is 2.50 bits per heavy atom. The van der Waals surface area contributed by atoms with E-state index in [1.54, 1.807) is 7.11 Å². The second-order valence-corrected chi connectivity index (χ2v) is 4.76. The van der Waals surface area contributed by atoms with Crippen LogP contribution in [0.3, 0.4) is 0 Å². The van der Waals surface area contributed by atoms with Crippen LogP contribution in [-0.4, -0.2) is 23.8 Å². The molecule has 0 aromatic carbocycles. The number of ether oxygens (including phenoxy) is 1. The Morgan fingerprint density at radius 1 is 1.44 bits per heavy atom. The van der Waals surface area contributed by atoms with Crippen molar-refractivity contribution in [3.63, 3.8) is 0 Å². The molecule has 5 nitrogen and oxygen atoms in total. The summed E-state index contributed by atoms with van der Waals surface area (Å²) >= 11 is 0. The van der Waals surface area contributed by atoms with Gasteiger partial charge in [0.15, 0.2) is 0 Å². The summed E-state index contributed by atoms with van der Waals surface area (Å²) in [6.45, 7) is 8.47. The van der Waals surface area contributed by atoms with Crippen LogP contribution in [0.1, 0.15) is 45.3 Å². The van der Waals surface area contributed by atoms with Crippen LogP contribution in [0.25, 0.3) is 0 Å². The second-order valence-electron chi connectivity index (χ2n) is 4.76. The number of aromatic nitrogens is 2. The van der Waals surface area contributed by atoms with E-state index >= 15 is 0 Å². The molecular weight excluding hydrogens is 206 g/mol. The van der Waals surface area contributed by atoms with Crippen molar-refractivity contribution in [1.29, 1.82) is 0 Å². The lowest BCUT2D eigenvalue weighted by Crippen LogP contribution is -2.22. The van der Waals surface area contributed by atoms with Crippen molar-refractivity contribution in [2.45, 2.75) is 39.2 Å². The third kappa shape index (κ3) is 2.59. The van der Waals surface area contributed by atoms with E-state index in [1.165, 1.54) is 0 Å². The molecule has 5 heteroatoms. The van der Waals surface area contributed by atoms with Crippen molar-refractivity contribution in [2.24, 2.45) is 11.7 Å². The van der Waals surface area contributed by atoms with Crippen LogP contribution in [0.4, 0.5) is 0 Å². The summed E-state index contributed by atoms with van der Waals surface area (Å²) in [6, 6.07) is 0. The molecule has 16 heavy (non-hydrogen) atoms. The number of hydrogen-bond acceptors (Lipinski definition) is 5. The van der Waals surface area contributed by atoms with Crippen LogP contribution in [-0.2, 0) is 10.3 Å². The van der Waals surface area contributed by atoms with E-state index in [0.717, 1.165) is 0 Å². The van der Waals surface area contributed by atoms with E-state index in [9.17, 15) is 0 Å². The van der Waals surface area contributed by atoms with Gasteiger partial charge in [-0.25, -0.2) is 0 Å². The number of nitrogens with zero attached hydrogens (tertiary/aromatic N) is 2. The number of methoxy groups -OCH3 is 1. The summed E-state index contributed by atoms with van der Waals surface area (Å²) in [5.41, 5.74) is 5.17. The Balaban J connectivity index is 2.94. The minimum absolute atomic E-state index is 0.105.